The fourth-order valence-electron chi connectivity index (χ4n) is 3.28. The van der Waals surface area contributed by atoms with Gasteiger partial charge in [0.05, 0.1) is 6.54 Å². The summed E-state index contributed by atoms with van der Waals surface area (Å²) in [5, 5.41) is 8.11. The molecular formula is C23H34N4O5. The molecular weight excluding hydrogens is 412 g/mol. The third-order valence-corrected chi connectivity index (χ3v) is 5.01. The molecule has 0 atom stereocenters. The average molecular weight is 447 g/mol. The molecule has 9 heteroatoms. The van der Waals surface area contributed by atoms with E-state index >= 15 is 0 Å². The highest BCUT2D eigenvalue weighted by molar-refractivity contribution is 5.96. The lowest BCUT2D eigenvalue weighted by molar-refractivity contribution is -0.131. The molecule has 1 aliphatic rings. The van der Waals surface area contributed by atoms with Crippen LogP contribution in [0.2, 0.25) is 0 Å². The largest absolute Gasteiger partial charge is 0.444 e. The lowest BCUT2D eigenvalue weighted by Gasteiger charge is -2.32. The third kappa shape index (κ3) is 9.36. The quantitative estimate of drug-likeness (QED) is 0.562. The number of piperidine rings is 1. The Morgan fingerprint density at radius 1 is 1.00 bits per heavy atom. The summed E-state index contributed by atoms with van der Waals surface area (Å²) in [6.45, 7) is 7.25. The van der Waals surface area contributed by atoms with Crippen LogP contribution in [0.4, 0.5) is 4.79 Å². The Morgan fingerprint density at radius 3 is 2.28 bits per heavy atom. The van der Waals surface area contributed by atoms with Crippen molar-refractivity contribution >= 4 is 23.8 Å². The van der Waals surface area contributed by atoms with Crippen LogP contribution in [0.3, 0.4) is 0 Å². The molecule has 0 radical (unpaired) electrons. The number of hydrogen-bond acceptors (Lipinski definition) is 5. The molecule has 0 saturated carbocycles. The van der Waals surface area contributed by atoms with E-state index in [1.54, 1.807) is 49.9 Å². The minimum Gasteiger partial charge on any atom is -0.444 e. The molecule has 32 heavy (non-hydrogen) atoms. The molecule has 0 aliphatic carbocycles. The normalized spacial score (nSPS) is 14.4. The molecule has 2 rings (SSSR count). The van der Waals surface area contributed by atoms with E-state index in [0.717, 1.165) is 12.8 Å². The molecule has 0 aromatic heterocycles. The minimum absolute atomic E-state index is 0.0280. The summed E-state index contributed by atoms with van der Waals surface area (Å²) in [6.07, 6.45) is 1.21. The first-order valence-electron chi connectivity index (χ1n) is 11.0. The second kappa shape index (κ2) is 12.1. The van der Waals surface area contributed by atoms with Gasteiger partial charge in [-0.1, -0.05) is 18.2 Å². The molecule has 1 fully saturated rings. The maximum atomic E-state index is 12.4. The SMILES string of the molecule is CC(C)(C)OC(=O)NCCC(=O)NCC1CCN(C(=O)CNC(=O)c2ccccc2)CC1. The van der Waals surface area contributed by atoms with Gasteiger partial charge in [0.15, 0.2) is 0 Å². The summed E-state index contributed by atoms with van der Waals surface area (Å²) in [7, 11) is 0. The van der Waals surface area contributed by atoms with Gasteiger partial charge in [-0.05, 0) is 51.7 Å². The van der Waals surface area contributed by atoms with Crippen molar-refractivity contribution in [2.24, 2.45) is 5.92 Å². The average Bonchev–Trinajstić information content (AvgIpc) is 2.75. The number of carbonyl (C=O) groups excluding carboxylic acids is 4. The summed E-state index contributed by atoms with van der Waals surface area (Å²) in [5.74, 6) is -0.216. The molecule has 0 unspecified atom stereocenters. The van der Waals surface area contributed by atoms with E-state index in [2.05, 4.69) is 16.0 Å². The molecule has 1 aromatic carbocycles. The van der Waals surface area contributed by atoms with Crippen LogP contribution in [0, 0.1) is 5.92 Å². The number of carbonyl (C=O) groups is 4. The van der Waals surface area contributed by atoms with Crippen molar-refractivity contribution in [1.82, 2.24) is 20.9 Å². The van der Waals surface area contributed by atoms with Gasteiger partial charge in [0.1, 0.15) is 5.60 Å². The van der Waals surface area contributed by atoms with Crippen molar-refractivity contribution in [2.75, 3.05) is 32.7 Å². The predicted molar refractivity (Wildman–Crippen MR) is 120 cm³/mol. The van der Waals surface area contributed by atoms with Crippen LogP contribution in [0.1, 0.15) is 50.4 Å². The summed E-state index contributed by atoms with van der Waals surface area (Å²) in [6, 6.07) is 8.78. The molecule has 176 valence electrons. The van der Waals surface area contributed by atoms with Gasteiger partial charge in [0.25, 0.3) is 5.91 Å². The monoisotopic (exact) mass is 446 g/mol. The summed E-state index contributed by atoms with van der Waals surface area (Å²) in [5.41, 5.74) is -0.0492. The number of nitrogens with one attached hydrogen (secondary N) is 3. The number of ether oxygens (including phenoxy) is 1. The topological polar surface area (TPSA) is 117 Å². The van der Waals surface area contributed by atoms with Crippen molar-refractivity contribution in [2.45, 2.75) is 45.6 Å². The zero-order valence-corrected chi connectivity index (χ0v) is 19.1. The lowest BCUT2D eigenvalue weighted by Crippen LogP contribution is -2.45. The van der Waals surface area contributed by atoms with Gasteiger partial charge in [-0.2, -0.15) is 0 Å². The number of likely N-dealkylation sites (tertiary alicyclic amines) is 1. The van der Waals surface area contributed by atoms with E-state index in [1.807, 2.05) is 6.07 Å². The number of alkyl carbamates (subject to hydrolysis) is 1. The first-order valence-corrected chi connectivity index (χ1v) is 11.0. The first kappa shape index (κ1) is 25.2. The highest BCUT2D eigenvalue weighted by Gasteiger charge is 2.23. The Kier molecular flexibility index (Phi) is 9.49. The standard InChI is InChI=1S/C23H34N4O5/c1-23(2,3)32-22(31)24-12-9-19(28)25-15-17-10-13-27(14-11-17)20(29)16-26-21(30)18-7-5-4-6-8-18/h4-8,17H,9-16H2,1-3H3,(H,24,31)(H,25,28)(H,26,30). The van der Waals surface area contributed by atoms with Gasteiger partial charge < -0.3 is 25.6 Å². The second-order valence-electron chi connectivity index (χ2n) is 8.86. The molecule has 4 amide bonds. The number of benzene rings is 1. The Balaban J connectivity index is 1.58. The molecule has 1 heterocycles. The number of rotatable bonds is 8. The molecule has 1 saturated heterocycles. The third-order valence-electron chi connectivity index (χ3n) is 5.01. The highest BCUT2D eigenvalue weighted by Crippen LogP contribution is 2.16. The van der Waals surface area contributed by atoms with Crippen molar-refractivity contribution in [1.29, 1.82) is 0 Å². The zero-order chi connectivity index (χ0) is 23.6. The fraction of sp³-hybridized carbons (Fsp3) is 0.565. The van der Waals surface area contributed by atoms with Gasteiger partial charge in [0.2, 0.25) is 11.8 Å². The van der Waals surface area contributed by atoms with E-state index in [4.69, 9.17) is 4.74 Å². The fourth-order valence-corrected chi connectivity index (χ4v) is 3.28. The van der Waals surface area contributed by atoms with E-state index in [0.29, 0.717) is 31.1 Å². The Hall–Kier alpha value is -3.10. The van der Waals surface area contributed by atoms with Crippen molar-refractivity contribution < 1.29 is 23.9 Å². The van der Waals surface area contributed by atoms with E-state index in [1.165, 1.54) is 0 Å². The number of nitrogens with zero attached hydrogens (tertiary/aromatic N) is 1. The second-order valence-corrected chi connectivity index (χ2v) is 8.86. The van der Waals surface area contributed by atoms with Crippen LogP contribution < -0.4 is 16.0 Å². The van der Waals surface area contributed by atoms with Crippen LogP contribution in [-0.4, -0.2) is 67.0 Å². The van der Waals surface area contributed by atoms with Crippen LogP contribution in [-0.2, 0) is 14.3 Å². The van der Waals surface area contributed by atoms with Crippen molar-refractivity contribution in [3.05, 3.63) is 35.9 Å². The van der Waals surface area contributed by atoms with Gasteiger partial charge >= 0.3 is 6.09 Å². The summed E-state index contributed by atoms with van der Waals surface area (Å²) in [4.78, 5) is 49.7. The number of hydrogen-bond donors (Lipinski definition) is 3. The van der Waals surface area contributed by atoms with Gasteiger partial charge in [-0.3, -0.25) is 14.4 Å². The van der Waals surface area contributed by atoms with Crippen molar-refractivity contribution in [3.63, 3.8) is 0 Å². The van der Waals surface area contributed by atoms with E-state index in [9.17, 15) is 19.2 Å². The minimum atomic E-state index is -0.573. The maximum absolute atomic E-state index is 12.4. The highest BCUT2D eigenvalue weighted by atomic mass is 16.6. The Labute approximate surface area is 189 Å². The molecule has 0 bridgehead atoms. The lowest BCUT2D eigenvalue weighted by atomic mass is 9.96. The molecule has 3 N–H and O–H groups in total. The first-order chi connectivity index (χ1) is 15.1. The zero-order valence-electron chi connectivity index (χ0n) is 19.1. The van der Waals surface area contributed by atoms with Crippen LogP contribution >= 0.6 is 0 Å². The summed E-state index contributed by atoms with van der Waals surface area (Å²) < 4.78 is 5.12. The summed E-state index contributed by atoms with van der Waals surface area (Å²) >= 11 is 0. The number of amides is 4. The molecule has 1 aromatic rings. The smallest absolute Gasteiger partial charge is 0.407 e. The maximum Gasteiger partial charge on any atom is 0.407 e. The molecule has 9 nitrogen and oxygen atoms in total. The van der Waals surface area contributed by atoms with Crippen LogP contribution in [0.25, 0.3) is 0 Å². The van der Waals surface area contributed by atoms with Crippen LogP contribution in [0.15, 0.2) is 30.3 Å². The van der Waals surface area contributed by atoms with Crippen molar-refractivity contribution in [3.8, 4) is 0 Å². The van der Waals surface area contributed by atoms with Gasteiger partial charge in [-0.25, -0.2) is 4.79 Å². The van der Waals surface area contributed by atoms with Gasteiger partial charge in [0, 0.05) is 38.2 Å². The Morgan fingerprint density at radius 2 is 1.66 bits per heavy atom. The van der Waals surface area contributed by atoms with E-state index in [-0.39, 0.29) is 37.2 Å². The van der Waals surface area contributed by atoms with Gasteiger partial charge in [-0.15, -0.1) is 0 Å². The Bertz CT molecular complexity index is 783. The van der Waals surface area contributed by atoms with Crippen LogP contribution in [0.5, 0.6) is 0 Å². The molecule has 0 spiro atoms. The predicted octanol–water partition coefficient (Wildman–Crippen LogP) is 1.69. The molecule has 1 aliphatic heterocycles. The van der Waals surface area contributed by atoms with E-state index < -0.39 is 11.7 Å².